The highest BCUT2D eigenvalue weighted by Crippen LogP contribution is 2.37. The summed E-state index contributed by atoms with van der Waals surface area (Å²) < 4.78 is 72.4. The van der Waals surface area contributed by atoms with Crippen LogP contribution in [0.1, 0.15) is 48.3 Å². The normalized spacial score (nSPS) is 14.3. The summed E-state index contributed by atoms with van der Waals surface area (Å²) in [7, 11) is -7.40. The van der Waals surface area contributed by atoms with Crippen molar-refractivity contribution in [3.05, 3.63) is 160 Å². The average molecular weight is 902 g/mol. The molecule has 8 rings (SSSR count). The second-order valence-electron chi connectivity index (χ2n) is 13.7. The van der Waals surface area contributed by atoms with Crippen molar-refractivity contribution in [2.24, 2.45) is 0 Å². The van der Waals surface area contributed by atoms with Crippen molar-refractivity contribution in [2.45, 2.75) is 49.7 Å². The molecule has 2 aliphatic heterocycles. The first kappa shape index (κ1) is 43.1. The van der Waals surface area contributed by atoms with Gasteiger partial charge < -0.3 is 19.3 Å². The number of aliphatic hydroxyl groups is 1. The Hall–Kier alpha value is -5.48. The van der Waals surface area contributed by atoms with Crippen molar-refractivity contribution < 1.29 is 36.2 Å². The molecule has 4 aromatic carbocycles. The first-order valence-corrected chi connectivity index (χ1v) is 22.5. The topological polar surface area (TPSA) is 148 Å². The predicted molar refractivity (Wildman–Crippen MR) is 231 cm³/mol. The van der Waals surface area contributed by atoms with E-state index in [-0.39, 0.29) is 47.5 Å². The van der Waals surface area contributed by atoms with Gasteiger partial charge in [0.15, 0.2) is 23.1 Å². The lowest BCUT2D eigenvalue weighted by Crippen LogP contribution is -2.38. The van der Waals surface area contributed by atoms with Crippen molar-refractivity contribution in [3.63, 3.8) is 0 Å². The quantitative estimate of drug-likeness (QED) is 0.147. The number of anilines is 2. The molecular formula is C44H45BrN4O8S2. The van der Waals surface area contributed by atoms with Crippen molar-refractivity contribution in [3.8, 4) is 17.4 Å². The van der Waals surface area contributed by atoms with Crippen LogP contribution < -0.4 is 22.8 Å². The number of rotatable bonds is 8. The van der Waals surface area contributed by atoms with E-state index in [0.717, 1.165) is 22.3 Å². The average Bonchev–Trinajstić information content (AvgIpc) is 3.24. The maximum Gasteiger partial charge on any atom is 0.265 e. The van der Waals surface area contributed by atoms with Gasteiger partial charge in [0, 0.05) is 6.07 Å². The van der Waals surface area contributed by atoms with E-state index >= 15 is 0 Å². The maximum atomic E-state index is 13.2. The number of aryl methyl sites for hydroxylation is 2. The highest BCUT2D eigenvalue weighted by molar-refractivity contribution is 9.10. The summed E-state index contributed by atoms with van der Waals surface area (Å²) in [5, 5.41) is 9.02. The zero-order chi connectivity index (χ0) is 42.2. The van der Waals surface area contributed by atoms with E-state index in [2.05, 4.69) is 25.9 Å². The molecule has 59 heavy (non-hydrogen) atoms. The van der Waals surface area contributed by atoms with Crippen LogP contribution in [0.5, 0.6) is 17.4 Å². The van der Waals surface area contributed by atoms with Gasteiger partial charge in [0.1, 0.15) is 23.9 Å². The number of halogens is 1. The van der Waals surface area contributed by atoms with Gasteiger partial charge in [-0.1, -0.05) is 84.9 Å². The first-order chi connectivity index (χ1) is 28.2. The van der Waals surface area contributed by atoms with Crippen LogP contribution in [-0.2, 0) is 20.0 Å². The van der Waals surface area contributed by atoms with Crippen LogP contribution in [0.25, 0.3) is 0 Å². The lowest BCUT2D eigenvalue weighted by atomic mass is 10.1. The Labute approximate surface area is 354 Å². The molecule has 0 bridgehead atoms. The number of hydrogen-bond donors (Lipinski definition) is 1. The zero-order valence-electron chi connectivity index (χ0n) is 33.0. The number of benzene rings is 4. The molecule has 2 atom stereocenters. The number of pyridine rings is 2. The third-order valence-electron chi connectivity index (χ3n) is 9.20. The molecule has 0 saturated carbocycles. The molecule has 2 unspecified atom stereocenters. The number of ether oxygens (including phenoxy) is 3. The minimum Gasteiger partial charge on any atom is -0.488 e. The predicted octanol–water partition coefficient (Wildman–Crippen LogP) is 8.60. The number of aromatic nitrogens is 2. The third kappa shape index (κ3) is 10.6. The fourth-order valence-electron chi connectivity index (χ4n) is 6.15. The van der Waals surface area contributed by atoms with E-state index in [1.54, 1.807) is 67.6 Å². The summed E-state index contributed by atoms with van der Waals surface area (Å²) in [6, 6.07) is 39.9. The van der Waals surface area contributed by atoms with Crippen LogP contribution in [0.2, 0.25) is 0 Å². The molecule has 15 heteroatoms. The number of aliphatic hydroxyl groups excluding tert-OH is 1. The molecule has 0 aliphatic carbocycles. The van der Waals surface area contributed by atoms with Crippen molar-refractivity contribution in [1.82, 2.24) is 9.97 Å². The second-order valence-corrected chi connectivity index (χ2v) is 18.2. The SMILES string of the molecule is CC(O)c1ccccc1.Cc1cccc(S(=O)(=O)N2CCOc3ccc(Br)nc32)c1.Cc1cccc(S(=O)(=O)N2CCOc3ccc(OC(C)c4ccccc4)nc32)c1. The summed E-state index contributed by atoms with van der Waals surface area (Å²) in [4.78, 5) is 9.22. The van der Waals surface area contributed by atoms with Gasteiger partial charge in [0.05, 0.1) is 29.0 Å². The molecule has 6 aromatic rings. The molecule has 308 valence electrons. The van der Waals surface area contributed by atoms with Gasteiger partial charge >= 0.3 is 0 Å². The van der Waals surface area contributed by atoms with Crippen molar-refractivity contribution >= 4 is 47.6 Å². The number of fused-ring (bicyclic) bond motifs is 2. The summed E-state index contributed by atoms with van der Waals surface area (Å²) in [5.74, 6) is 1.80. The van der Waals surface area contributed by atoms with Crippen molar-refractivity contribution in [1.29, 1.82) is 0 Å². The van der Waals surface area contributed by atoms with Gasteiger partial charge in [-0.3, -0.25) is 0 Å². The van der Waals surface area contributed by atoms with Crippen molar-refractivity contribution in [2.75, 3.05) is 34.9 Å². The van der Waals surface area contributed by atoms with Crippen LogP contribution in [-0.4, -0.2) is 58.2 Å². The standard InChI is InChI=1S/C22H22N2O4S.C14H13BrN2O3S.C8H10O/c1-16-7-6-10-19(15-16)29(25,26)24-13-14-27-20-11-12-21(23-22(20)24)28-17(2)18-8-4-3-5-9-18;1-10-3-2-4-11(9-10)21(18,19)17-7-8-20-12-5-6-13(15)16-14(12)17;1-7(9)8-5-3-2-4-6-8/h3-12,15,17H,13-14H2,1-2H3;2-6,9H,7-8H2,1H3;2-7,9H,1H3. The Balaban J connectivity index is 0.000000169. The van der Waals surface area contributed by atoms with Gasteiger partial charge in [-0.2, -0.15) is 4.98 Å². The highest BCUT2D eigenvalue weighted by atomic mass is 79.9. The van der Waals surface area contributed by atoms with E-state index in [0.29, 0.717) is 34.4 Å². The van der Waals surface area contributed by atoms with Crippen LogP contribution in [0.15, 0.2) is 148 Å². The van der Waals surface area contributed by atoms with Crippen LogP contribution in [0, 0.1) is 13.8 Å². The molecule has 2 aromatic heterocycles. The van der Waals surface area contributed by atoms with E-state index < -0.39 is 20.0 Å². The van der Waals surface area contributed by atoms with Gasteiger partial charge in [-0.25, -0.2) is 30.4 Å². The monoisotopic (exact) mass is 900 g/mol. The van der Waals surface area contributed by atoms with Crippen LogP contribution in [0.3, 0.4) is 0 Å². The number of hydrogen-bond acceptors (Lipinski definition) is 10. The maximum absolute atomic E-state index is 13.2. The fraction of sp³-hybridized carbons (Fsp3) is 0.227. The minimum absolute atomic E-state index is 0.188. The molecule has 1 N–H and O–H groups in total. The van der Waals surface area contributed by atoms with Gasteiger partial charge in [0.25, 0.3) is 20.0 Å². The summed E-state index contributed by atoms with van der Waals surface area (Å²) >= 11 is 3.26. The molecule has 12 nitrogen and oxygen atoms in total. The fourth-order valence-corrected chi connectivity index (χ4v) is 9.47. The van der Waals surface area contributed by atoms with E-state index in [4.69, 9.17) is 19.3 Å². The molecule has 0 saturated heterocycles. The minimum atomic E-state index is -3.76. The van der Waals surface area contributed by atoms with Gasteiger partial charge in [-0.15, -0.1) is 0 Å². The molecule has 0 radical (unpaired) electrons. The summed E-state index contributed by atoms with van der Waals surface area (Å²) in [6.45, 7) is 8.41. The number of sulfonamides is 2. The zero-order valence-corrected chi connectivity index (χ0v) is 36.2. The van der Waals surface area contributed by atoms with Crippen LogP contribution >= 0.6 is 15.9 Å². The largest absolute Gasteiger partial charge is 0.488 e. The Morgan fingerprint density at radius 2 is 1.10 bits per heavy atom. The Morgan fingerprint density at radius 3 is 1.58 bits per heavy atom. The Morgan fingerprint density at radius 1 is 0.627 bits per heavy atom. The third-order valence-corrected chi connectivity index (χ3v) is 13.2. The first-order valence-electron chi connectivity index (χ1n) is 18.8. The lowest BCUT2D eigenvalue weighted by molar-refractivity contribution is 0.199. The summed E-state index contributed by atoms with van der Waals surface area (Å²) in [5.41, 5.74) is 3.75. The molecule has 0 spiro atoms. The Bertz CT molecular complexity index is 2580. The van der Waals surface area contributed by atoms with Crippen LogP contribution in [0.4, 0.5) is 11.6 Å². The van der Waals surface area contributed by atoms with Gasteiger partial charge in [0.2, 0.25) is 5.88 Å². The van der Waals surface area contributed by atoms with E-state index in [1.807, 2.05) is 93.6 Å². The highest BCUT2D eigenvalue weighted by Gasteiger charge is 2.33. The molecule has 0 amide bonds. The molecule has 4 heterocycles. The molecular weight excluding hydrogens is 857 g/mol. The smallest absolute Gasteiger partial charge is 0.265 e. The van der Waals surface area contributed by atoms with E-state index in [9.17, 15) is 16.8 Å². The second kappa shape index (κ2) is 19.1. The summed E-state index contributed by atoms with van der Waals surface area (Å²) in [6.07, 6.45) is -0.570. The molecule has 0 fully saturated rings. The van der Waals surface area contributed by atoms with Gasteiger partial charge in [-0.05, 0) is 108 Å². The Kier molecular flexibility index (Phi) is 13.9. The lowest BCUT2D eigenvalue weighted by Gasteiger charge is -2.29. The van der Waals surface area contributed by atoms with E-state index in [1.165, 1.54) is 8.61 Å². The molecule has 2 aliphatic rings. The number of nitrogens with zero attached hydrogens (tertiary/aromatic N) is 4.